The average molecular weight is 189 g/mol. The largest absolute Gasteiger partial charge is 0.397 e. The fraction of sp³-hybridized carbons (Fsp3) is 0.286. The molecule has 0 saturated carbocycles. The van der Waals surface area contributed by atoms with Crippen LogP contribution in [0.1, 0.15) is 0 Å². The molecule has 1 aromatic heterocycles. The van der Waals surface area contributed by atoms with Crippen molar-refractivity contribution in [3.63, 3.8) is 0 Å². The number of hydrogen-bond acceptors (Lipinski definition) is 3. The minimum absolute atomic E-state index is 0.0726. The van der Waals surface area contributed by atoms with Gasteiger partial charge in [0.1, 0.15) is 5.02 Å². The number of nitrogens with zero attached hydrogens (tertiary/aromatic N) is 1. The molecule has 0 atom stereocenters. The summed E-state index contributed by atoms with van der Waals surface area (Å²) in [5.41, 5.74) is 5.51. The van der Waals surface area contributed by atoms with Crippen LogP contribution in [0.25, 0.3) is 0 Å². The van der Waals surface area contributed by atoms with Gasteiger partial charge in [-0.05, 0) is 6.07 Å². The Balaban J connectivity index is 3.19. The van der Waals surface area contributed by atoms with E-state index in [9.17, 15) is 4.79 Å². The van der Waals surface area contributed by atoms with Crippen molar-refractivity contribution < 1.29 is 5.11 Å². The van der Waals surface area contributed by atoms with Crippen LogP contribution >= 0.6 is 11.6 Å². The van der Waals surface area contributed by atoms with Gasteiger partial charge in [0.2, 0.25) is 0 Å². The molecule has 1 heterocycles. The first kappa shape index (κ1) is 9.09. The zero-order valence-corrected chi connectivity index (χ0v) is 7.08. The maximum absolute atomic E-state index is 11.2. The first-order chi connectivity index (χ1) is 5.65. The number of aliphatic hydroxyl groups is 1. The molecule has 3 N–H and O–H groups in total. The van der Waals surface area contributed by atoms with E-state index in [1.54, 1.807) is 0 Å². The molecule has 0 saturated heterocycles. The third-order valence-corrected chi connectivity index (χ3v) is 1.68. The van der Waals surface area contributed by atoms with Crippen molar-refractivity contribution in [2.45, 2.75) is 6.54 Å². The minimum Gasteiger partial charge on any atom is -0.397 e. The molecule has 0 unspecified atom stereocenters. The van der Waals surface area contributed by atoms with Crippen LogP contribution in [0.4, 0.5) is 5.69 Å². The number of anilines is 1. The molecule has 0 aliphatic carbocycles. The van der Waals surface area contributed by atoms with Crippen molar-refractivity contribution in [3.05, 3.63) is 27.6 Å². The highest BCUT2D eigenvalue weighted by Gasteiger charge is 2.01. The summed E-state index contributed by atoms with van der Waals surface area (Å²) in [6.07, 6.45) is 1.45. The molecular weight excluding hydrogens is 180 g/mol. The van der Waals surface area contributed by atoms with E-state index in [0.29, 0.717) is 5.69 Å². The van der Waals surface area contributed by atoms with Crippen LogP contribution in [-0.2, 0) is 6.54 Å². The number of halogens is 1. The van der Waals surface area contributed by atoms with Gasteiger partial charge in [0.15, 0.2) is 0 Å². The van der Waals surface area contributed by atoms with Crippen LogP contribution in [0.2, 0.25) is 5.02 Å². The number of rotatable bonds is 2. The second-order valence-corrected chi connectivity index (χ2v) is 2.75. The Morgan fingerprint density at radius 1 is 1.67 bits per heavy atom. The molecule has 0 amide bonds. The third kappa shape index (κ3) is 1.78. The maximum atomic E-state index is 11.2. The summed E-state index contributed by atoms with van der Waals surface area (Å²) in [6.45, 7) is 0.100. The van der Waals surface area contributed by atoms with Crippen molar-refractivity contribution in [2.24, 2.45) is 0 Å². The Hall–Kier alpha value is -1.00. The quantitative estimate of drug-likeness (QED) is 0.691. The van der Waals surface area contributed by atoms with E-state index in [1.807, 2.05) is 0 Å². The normalized spacial score (nSPS) is 10.2. The van der Waals surface area contributed by atoms with Gasteiger partial charge in [-0.3, -0.25) is 4.79 Å². The molecule has 1 aromatic rings. The summed E-state index contributed by atoms with van der Waals surface area (Å²) in [5.74, 6) is 0. The summed E-state index contributed by atoms with van der Waals surface area (Å²) in [7, 11) is 0. The van der Waals surface area contributed by atoms with Gasteiger partial charge in [-0.15, -0.1) is 0 Å². The highest BCUT2D eigenvalue weighted by Crippen LogP contribution is 2.06. The fourth-order valence-corrected chi connectivity index (χ4v) is 1.13. The molecule has 12 heavy (non-hydrogen) atoms. The average Bonchev–Trinajstić information content (AvgIpc) is 2.00. The summed E-state index contributed by atoms with van der Waals surface area (Å²) >= 11 is 5.56. The van der Waals surface area contributed by atoms with Gasteiger partial charge < -0.3 is 15.4 Å². The van der Waals surface area contributed by atoms with Crippen molar-refractivity contribution in [1.82, 2.24) is 4.57 Å². The Morgan fingerprint density at radius 3 is 2.92 bits per heavy atom. The molecule has 0 bridgehead atoms. The van der Waals surface area contributed by atoms with Gasteiger partial charge in [0.25, 0.3) is 5.56 Å². The van der Waals surface area contributed by atoms with Crippen LogP contribution in [-0.4, -0.2) is 16.3 Å². The predicted molar refractivity (Wildman–Crippen MR) is 47.2 cm³/mol. The number of hydrogen-bond donors (Lipinski definition) is 2. The molecule has 0 spiro atoms. The molecule has 0 fully saturated rings. The van der Waals surface area contributed by atoms with Crippen LogP contribution < -0.4 is 11.3 Å². The second-order valence-electron chi connectivity index (χ2n) is 2.34. The van der Waals surface area contributed by atoms with Crippen molar-refractivity contribution in [1.29, 1.82) is 0 Å². The monoisotopic (exact) mass is 188 g/mol. The van der Waals surface area contributed by atoms with Crippen molar-refractivity contribution in [3.8, 4) is 0 Å². The molecule has 1 rings (SSSR count). The van der Waals surface area contributed by atoms with Crippen molar-refractivity contribution in [2.75, 3.05) is 12.3 Å². The molecule has 0 aliphatic heterocycles. The standard InChI is InChI=1S/C7H9ClN2O2/c8-6-3-5(9)4-10(1-2-11)7(6)12/h3-4,11H,1-2,9H2. The van der Waals surface area contributed by atoms with E-state index >= 15 is 0 Å². The predicted octanol–water partition coefficient (Wildman–Crippen LogP) is 0.0762. The molecule has 66 valence electrons. The summed E-state index contributed by atoms with van der Waals surface area (Å²) < 4.78 is 1.28. The molecule has 0 aromatic carbocycles. The number of nitrogens with two attached hydrogens (primary N) is 1. The van der Waals surface area contributed by atoms with Crippen LogP contribution in [0, 0.1) is 0 Å². The van der Waals surface area contributed by atoms with Gasteiger partial charge >= 0.3 is 0 Å². The third-order valence-electron chi connectivity index (χ3n) is 1.40. The lowest BCUT2D eigenvalue weighted by Crippen LogP contribution is -2.21. The van der Waals surface area contributed by atoms with Gasteiger partial charge in [-0.1, -0.05) is 11.6 Å². The van der Waals surface area contributed by atoms with E-state index in [0.717, 1.165) is 0 Å². The zero-order chi connectivity index (χ0) is 9.14. The van der Waals surface area contributed by atoms with Gasteiger partial charge in [-0.25, -0.2) is 0 Å². The zero-order valence-electron chi connectivity index (χ0n) is 6.33. The second kappa shape index (κ2) is 3.60. The Morgan fingerprint density at radius 2 is 2.33 bits per heavy atom. The van der Waals surface area contributed by atoms with Gasteiger partial charge in [0, 0.05) is 18.4 Å². The van der Waals surface area contributed by atoms with E-state index < -0.39 is 0 Å². The van der Waals surface area contributed by atoms with E-state index in [1.165, 1.54) is 16.8 Å². The lowest BCUT2D eigenvalue weighted by molar-refractivity contribution is 0.274. The number of nitrogen functional groups attached to an aromatic ring is 1. The SMILES string of the molecule is Nc1cc(Cl)c(=O)n(CCO)c1. The number of aromatic nitrogens is 1. The van der Waals surface area contributed by atoms with Gasteiger partial charge in [0.05, 0.1) is 6.61 Å². The topological polar surface area (TPSA) is 68.2 Å². The Bertz CT molecular complexity index is 335. The first-order valence-electron chi connectivity index (χ1n) is 3.41. The van der Waals surface area contributed by atoms with E-state index in [2.05, 4.69) is 0 Å². The van der Waals surface area contributed by atoms with Crippen LogP contribution in [0.15, 0.2) is 17.1 Å². The van der Waals surface area contributed by atoms with E-state index in [4.69, 9.17) is 22.4 Å². The number of aliphatic hydroxyl groups excluding tert-OH is 1. The lowest BCUT2D eigenvalue weighted by Gasteiger charge is -2.04. The molecule has 0 radical (unpaired) electrons. The summed E-state index contributed by atoms with van der Waals surface area (Å²) in [4.78, 5) is 11.2. The first-order valence-corrected chi connectivity index (χ1v) is 3.79. The summed E-state index contributed by atoms with van der Waals surface area (Å²) in [6, 6.07) is 1.39. The lowest BCUT2D eigenvalue weighted by atomic mass is 10.4. The highest BCUT2D eigenvalue weighted by molar-refractivity contribution is 6.30. The minimum atomic E-state index is -0.333. The van der Waals surface area contributed by atoms with Crippen molar-refractivity contribution >= 4 is 17.3 Å². The Labute approximate surface area is 74.2 Å². The number of pyridine rings is 1. The molecule has 5 heteroatoms. The van der Waals surface area contributed by atoms with Crippen LogP contribution in [0.5, 0.6) is 0 Å². The van der Waals surface area contributed by atoms with Gasteiger partial charge in [-0.2, -0.15) is 0 Å². The highest BCUT2D eigenvalue weighted by atomic mass is 35.5. The molecule has 0 aliphatic rings. The van der Waals surface area contributed by atoms with E-state index in [-0.39, 0.29) is 23.7 Å². The maximum Gasteiger partial charge on any atom is 0.269 e. The molecule has 4 nitrogen and oxygen atoms in total. The fourth-order valence-electron chi connectivity index (χ4n) is 0.895. The Kier molecular flexibility index (Phi) is 2.73. The molecular formula is C7H9ClN2O2. The van der Waals surface area contributed by atoms with Crippen LogP contribution in [0.3, 0.4) is 0 Å². The summed E-state index contributed by atoms with van der Waals surface area (Å²) in [5, 5.41) is 8.65. The smallest absolute Gasteiger partial charge is 0.269 e.